The highest BCUT2D eigenvalue weighted by Gasteiger charge is 2.11. The lowest BCUT2D eigenvalue weighted by Gasteiger charge is -2.12. The van der Waals surface area contributed by atoms with Crippen LogP contribution in [-0.2, 0) is 0 Å². The van der Waals surface area contributed by atoms with E-state index in [-0.39, 0.29) is 11.8 Å². The van der Waals surface area contributed by atoms with Crippen molar-refractivity contribution in [2.24, 2.45) is 0 Å². The van der Waals surface area contributed by atoms with Gasteiger partial charge in [0.2, 0.25) is 0 Å². The lowest BCUT2D eigenvalue weighted by atomic mass is 10.1. The molecule has 0 atom stereocenters. The van der Waals surface area contributed by atoms with E-state index in [4.69, 9.17) is 4.74 Å². The summed E-state index contributed by atoms with van der Waals surface area (Å²) in [6.07, 6.45) is 0. The van der Waals surface area contributed by atoms with E-state index < -0.39 is 0 Å². The molecule has 29 heavy (non-hydrogen) atoms. The van der Waals surface area contributed by atoms with Gasteiger partial charge < -0.3 is 15.4 Å². The normalized spacial score (nSPS) is 10.3. The fraction of sp³-hybridized carbons (Fsp3) is 0.167. The van der Waals surface area contributed by atoms with E-state index in [0.717, 1.165) is 16.9 Å². The zero-order valence-electron chi connectivity index (χ0n) is 16.6. The number of hydrogen-bond acceptors (Lipinski definition) is 3. The molecule has 148 valence electrons. The van der Waals surface area contributed by atoms with Gasteiger partial charge in [0, 0.05) is 16.8 Å². The number of aryl methyl sites for hydroxylation is 2. The van der Waals surface area contributed by atoms with Crippen molar-refractivity contribution in [3.05, 3.63) is 95.1 Å². The lowest BCUT2D eigenvalue weighted by molar-refractivity contribution is 0.0945. The molecule has 0 aromatic heterocycles. The molecule has 0 bridgehead atoms. The van der Waals surface area contributed by atoms with E-state index in [2.05, 4.69) is 10.6 Å². The molecule has 5 nitrogen and oxygen atoms in total. The van der Waals surface area contributed by atoms with E-state index in [1.165, 1.54) is 0 Å². The van der Waals surface area contributed by atoms with Gasteiger partial charge in [-0.05, 0) is 61.4 Å². The molecule has 0 unspecified atom stereocenters. The van der Waals surface area contributed by atoms with Crippen LogP contribution in [0.15, 0.2) is 72.8 Å². The molecule has 0 saturated heterocycles. The molecule has 0 aliphatic carbocycles. The number of hydrogen-bond donors (Lipinski definition) is 2. The minimum atomic E-state index is -0.215. The van der Waals surface area contributed by atoms with Crippen LogP contribution in [0, 0.1) is 13.8 Å². The first-order valence-electron chi connectivity index (χ1n) is 9.47. The minimum absolute atomic E-state index is 0.210. The second kappa shape index (κ2) is 9.55. The highest BCUT2D eigenvalue weighted by molar-refractivity contribution is 6.05. The Bertz CT molecular complexity index is 1000. The second-order valence-corrected chi connectivity index (χ2v) is 6.77. The first kappa shape index (κ1) is 20.1. The van der Waals surface area contributed by atoms with Crippen LogP contribution in [0.4, 0.5) is 5.69 Å². The monoisotopic (exact) mass is 388 g/mol. The van der Waals surface area contributed by atoms with Gasteiger partial charge in [0.25, 0.3) is 11.8 Å². The van der Waals surface area contributed by atoms with Crippen LogP contribution in [0.2, 0.25) is 0 Å². The van der Waals surface area contributed by atoms with Gasteiger partial charge >= 0.3 is 0 Å². The van der Waals surface area contributed by atoms with Crippen LogP contribution in [0.25, 0.3) is 0 Å². The predicted octanol–water partition coefficient (Wildman–Crippen LogP) is 4.36. The van der Waals surface area contributed by atoms with Gasteiger partial charge in [-0.1, -0.05) is 36.4 Å². The summed E-state index contributed by atoms with van der Waals surface area (Å²) < 4.78 is 5.65. The molecule has 2 N–H and O–H groups in total. The molecule has 5 heteroatoms. The zero-order chi connectivity index (χ0) is 20.6. The Morgan fingerprint density at radius 2 is 1.62 bits per heavy atom. The first-order chi connectivity index (χ1) is 14.0. The van der Waals surface area contributed by atoms with Crippen molar-refractivity contribution < 1.29 is 14.3 Å². The number of amides is 2. The largest absolute Gasteiger partial charge is 0.492 e. The molecule has 0 aliphatic heterocycles. The molecular weight excluding hydrogens is 364 g/mol. The highest BCUT2D eigenvalue weighted by atomic mass is 16.5. The summed E-state index contributed by atoms with van der Waals surface area (Å²) in [5.41, 5.74) is 3.66. The van der Waals surface area contributed by atoms with Gasteiger partial charge in [0.15, 0.2) is 0 Å². The Kier molecular flexibility index (Phi) is 6.63. The van der Waals surface area contributed by atoms with E-state index in [1.54, 1.807) is 24.3 Å². The molecule has 0 saturated carbocycles. The Morgan fingerprint density at radius 1 is 0.828 bits per heavy atom. The van der Waals surface area contributed by atoms with Crippen molar-refractivity contribution in [1.29, 1.82) is 0 Å². The lowest BCUT2D eigenvalue weighted by Crippen LogP contribution is -2.28. The third-order valence-corrected chi connectivity index (χ3v) is 4.43. The SMILES string of the molecule is Cc1cccc(OCCNC(=O)c2ccc(C)c(NC(=O)c3ccccc3)c2)c1. The van der Waals surface area contributed by atoms with Gasteiger partial charge in [-0.25, -0.2) is 0 Å². The van der Waals surface area contributed by atoms with Gasteiger partial charge in [-0.15, -0.1) is 0 Å². The molecule has 0 aliphatic rings. The summed E-state index contributed by atoms with van der Waals surface area (Å²) in [4.78, 5) is 24.8. The zero-order valence-corrected chi connectivity index (χ0v) is 16.6. The van der Waals surface area contributed by atoms with Gasteiger partial charge in [0.05, 0.1) is 6.54 Å². The average molecular weight is 388 g/mol. The van der Waals surface area contributed by atoms with E-state index in [9.17, 15) is 9.59 Å². The topological polar surface area (TPSA) is 67.4 Å². The van der Waals surface area contributed by atoms with E-state index >= 15 is 0 Å². The summed E-state index contributed by atoms with van der Waals surface area (Å²) >= 11 is 0. The standard InChI is InChI=1S/C24H24N2O3/c1-17-7-6-10-21(15-17)29-14-13-25-23(27)20-12-11-18(2)22(16-20)26-24(28)19-8-4-3-5-9-19/h3-12,15-16H,13-14H2,1-2H3,(H,25,27)(H,26,28). The average Bonchev–Trinajstić information content (AvgIpc) is 2.73. The number of rotatable bonds is 7. The van der Waals surface area contributed by atoms with Gasteiger partial charge in [-0.3, -0.25) is 9.59 Å². The van der Waals surface area contributed by atoms with Crippen molar-refractivity contribution >= 4 is 17.5 Å². The molecule has 3 rings (SSSR count). The maximum Gasteiger partial charge on any atom is 0.255 e. The summed E-state index contributed by atoms with van der Waals surface area (Å²) in [6, 6.07) is 22.0. The molecule has 0 heterocycles. The Morgan fingerprint density at radius 3 is 2.38 bits per heavy atom. The van der Waals surface area contributed by atoms with Gasteiger partial charge in [0.1, 0.15) is 12.4 Å². The number of benzene rings is 3. The quantitative estimate of drug-likeness (QED) is 0.591. The minimum Gasteiger partial charge on any atom is -0.492 e. The van der Waals surface area contributed by atoms with Crippen LogP contribution in [0.5, 0.6) is 5.75 Å². The van der Waals surface area contributed by atoms with Crippen LogP contribution >= 0.6 is 0 Å². The molecule has 0 radical (unpaired) electrons. The van der Waals surface area contributed by atoms with Crippen molar-refractivity contribution in [2.45, 2.75) is 13.8 Å². The highest BCUT2D eigenvalue weighted by Crippen LogP contribution is 2.18. The molecule has 3 aromatic carbocycles. The third-order valence-electron chi connectivity index (χ3n) is 4.43. The fourth-order valence-electron chi connectivity index (χ4n) is 2.82. The molecular formula is C24H24N2O3. The van der Waals surface area contributed by atoms with Crippen LogP contribution in [0.1, 0.15) is 31.8 Å². The Balaban J connectivity index is 1.56. The van der Waals surface area contributed by atoms with E-state index in [0.29, 0.717) is 30.0 Å². The second-order valence-electron chi connectivity index (χ2n) is 6.77. The molecule has 2 amide bonds. The van der Waals surface area contributed by atoms with E-state index in [1.807, 2.05) is 62.4 Å². The van der Waals surface area contributed by atoms with Crippen molar-refractivity contribution in [3.63, 3.8) is 0 Å². The maximum atomic E-state index is 12.5. The molecule has 3 aromatic rings. The van der Waals surface area contributed by atoms with Crippen LogP contribution in [-0.4, -0.2) is 25.0 Å². The number of carbonyl (C=O) groups is 2. The summed E-state index contributed by atoms with van der Waals surface area (Å²) in [5.74, 6) is 0.353. The summed E-state index contributed by atoms with van der Waals surface area (Å²) in [7, 11) is 0. The van der Waals surface area contributed by atoms with Gasteiger partial charge in [-0.2, -0.15) is 0 Å². The van der Waals surface area contributed by atoms with Crippen LogP contribution in [0.3, 0.4) is 0 Å². The molecule has 0 fully saturated rings. The summed E-state index contributed by atoms with van der Waals surface area (Å²) in [5, 5.41) is 5.71. The van der Waals surface area contributed by atoms with Crippen molar-refractivity contribution in [1.82, 2.24) is 5.32 Å². The Labute approximate surface area is 170 Å². The molecule has 0 spiro atoms. The number of anilines is 1. The van der Waals surface area contributed by atoms with Crippen LogP contribution < -0.4 is 15.4 Å². The maximum absolute atomic E-state index is 12.5. The van der Waals surface area contributed by atoms with Crippen molar-refractivity contribution in [2.75, 3.05) is 18.5 Å². The third kappa shape index (κ3) is 5.69. The van der Waals surface area contributed by atoms with Crippen molar-refractivity contribution in [3.8, 4) is 5.75 Å². The fourth-order valence-corrected chi connectivity index (χ4v) is 2.82. The number of nitrogens with one attached hydrogen (secondary N) is 2. The number of ether oxygens (including phenoxy) is 1. The number of carbonyl (C=O) groups excluding carboxylic acids is 2. The Hall–Kier alpha value is -3.60. The predicted molar refractivity (Wildman–Crippen MR) is 115 cm³/mol. The smallest absolute Gasteiger partial charge is 0.255 e. The summed E-state index contributed by atoms with van der Waals surface area (Å²) in [6.45, 7) is 4.64. The first-order valence-corrected chi connectivity index (χ1v) is 9.47.